The number of nitrogens with one attached hydrogen (secondary N) is 1. The van der Waals surface area contributed by atoms with E-state index in [1.807, 2.05) is 25.1 Å². The molecule has 11 heteroatoms. The van der Waals surface area contributed by atoms with Crippen molar-refractivity contribution < 1.29 is 28.3 Å². The van der Waals surface area contributed by atoms with Gasteiger partial charge in [-0.2, -0.15) is 0 Å². The zero-order valence-corrected chi connectivity index (χ0v) is 32.0. The zero-order valence-electron chi connectivity index (χ0n) is 30.4. The third kappa shape index (κ3) is 7.56. The van der Waals surface area contributed by atoms with Crippen LogP contribution >= 0.6 is 11.6 Å². The summed E-state index contributed by atoms with van der Waals surface area (Å²) in [5.74, 6) is 4.93. The number of nitrogens with zero attached hydrogens (tertiary/aromatic N) is 2. The molecule has 2 aromatic carbocycles. The number of carbonyl (C=O) groups excluding carboxylic acids is 1. The van der Waals surface area contributed by atoms with Crippen LogP contribution in [0, 0.1) is 17.8 Å². The van der Waals surface area contributed by atoms with Gasteiger partial charge in [-0.05, 0) is 117 Å². The van der Waals surface area contributed by atoms with Crippen LogP contribution in [0.2, 0.25) is 5.02 Å². The number of ether oxygens (including phenoxy) is 3. The van der Waals surface area contributed by atoms with Crippen molar-refractivity contribution in [1.82, 2.24) is 9.62 Å². The molecule has 2 aliphatic carbocycles. The molecular weight excluding hydrogens is 686 g/mol. The van der Waals surface area contributed by atoms with Crippen LogP contribution in [0.1, 0.15) is 80.3 Å². The highest BCUT2D eigenvalue weighted by atomic mass is 35.5. The molecule has 7 rings (SSSR count). The number of aliphatic hydroxyl groups excluding tert-OH is 1. The summed E-state index contributed by atoms with van der Waals surface area (Å²) in [5, 5.41) is 11.7. The van der Waals surface area contributed by atoms with Gasteiger partial charge >= 0.3 is 0 Å². The van der Waals surface area contributed by atoms with Gasteiger partial charge < -0.3 is 24.2 Å². The van der Waals surface area contributed by atoms with E-state index in [0.29, 0.717) is 18.8 Å². The molecule has 1 unspecified atom stereocenters. The number of fused-ring (bicyclic) bond motifs is 4. The van der Waals surface area contributed by atoms with Crippen molar-refractivity contribution >= 4 is 38.8 Å². The predicted molar refractivity (Wildman–Crippen MR) is 205 cm³/mol. The Hall–Kier alpha value is -2.34. The second kappa shape index (κ2) is 15.2. The second-order valence-corrected chi connectivity index (χ2v) is 18.8. The van der Waals surface area contributed by atoms with Crippen molar-refractivity contribution in [2.45, 2.75) is 81.5 Å². The average Bonchev–Trinajstić information content (AvgIpc) is 3.26. The van der Waals surface area contributed by atoms with Crippen LogP contribution in [0.4, 0.5) is 5.69 Å². The predicted octanol–water partition coefficient (Wildman–Crippen LogP) is 5.49. The van der Waals surface area contributed by atoms with Crippen molar-refractivity contribution in [3.8, 4) is 5.75 Å². The summed E-state index contributed by atoms with van der Waals surface area (Å²) >= 11 is 6.49. The first-order valence-corrected chi connectivity index (χ1v) is 21.2. The van der Waals surface area contributed by atoms with Crippen LogP contribution in [0.25, 0.3) is 0 Å². The maximum atomic E-state index is 14.0. The Labute approximate surface area is 309 Å². The lowest BCUT2D eigenvalue weighted by Gasteiger charge is -2.51. The molecule has 0 radical (unpaired) electrons. The van der Waals surface area contributed by atoms with Gasteiger partial charge in [-0.25, -0.2) is 4.21 Å². The maximum Gasteiger partial charge on any atom is 0.262 e. The molecule has 280 valence electrons. The minimum atomic E-state index is -2.96. The molecule has 0 aromatic heterocycles. The summed E-state index contributed by atoms with van der Waals surface area (Å²) in [6.45, 7) is 10.6. The topological polar surface area (TPSA) is 101 Å². The lowest BCUT2D eigenvalue weighted by atomic mass is 9.63. The van der Waals surface area contributed by atoms with E-state index < -0.39 is 15.3 Å². The fraction of sp³-hybridized carbons (Fsp3) is 0.650. The number of anilines is 1. The van der Waals surface area contributed by atoms with Gasteiger partial charge in [0, 0.05) is 54.0 Å². The summed E-state index contributed by atoms with van der Waals surface area (Å²) in [6, 6.07) is 11.9. The first-order chi connectivity index (χ1) is 24.5. The Morgan fingerprint density at radius 3 is 2.69 bits per heavy atom. The molecule has 51 heavy (non-hydrogen) atoms. The molecule has 3 heterocycles. The highest BCUT2D eigenvalue weighted by Gasteiger charge is 2.50. The minimum Gasteiger partial charge on any atom is -0.490 e. The molecule has 7 atom stereocenters. The Morgan fingerprint density at radius 1 is 1.10 bits per heavy atom. The lowest BCUT2D eigenvalue weighted by Crippen LogP contribution is -2.56. The van der Waals surface area contributed by atoms with Crippen molar-refractivity contribution in [3.05, 3.63) is 58.1 Å². The van der Waals surface area contributed by atoms with Gasteiger partial charge in [-0.3, -0.25) is 14.4 Å². The van der Waals surface area contributed by atoms with Gasteiger partial charge in [0.2, 0.25) is 0 Å². The summed E-state index contributed by atoms with van der Waals surface area (Å²) in [4.78, 5) is 18.6. The molecule has 5 aliphatic rings. The van der Waals surface area contributed by atoms with Crippen molar-refractivity contribution in [3.63, 3.8) is 0 Å². The van der Waals surface area contributed by atoms with Crippen LogP contribution in [0.15, 0.2) is 36.4 Å². The number of hydrogen-bond acceptors (Lipinski definition) is 8. The number of rotatable bonds is 5. The summed E-state index contributed by atoms with van der Waals surface area (Å²) in [6.07, 6.45) is 7.39. The molecule has 1 saturated carbocycles. The quantitative estimate of drug-likeness (QED) is 0.389. The third-order valence-corrected chi connectivity index (χ3v) is 15.4. The summed E-state index contributed by atoms with van der Waals surface area (Å²) in [7, 11) is -2.96. The largest absolute Gasteiger partial charge is 0.490 e. The van der Waals surface area contributed by atoms with E-state index in [1.54, 1.807) is 6.07 Å². The lowest BCUT2D eigenvalue weighted by molar-refractivity contribution is -0.163. The van der Waals surface area contributed by atoms with Gasteiger partial charge in [0.1, 0.15) is 5.75 Å². The van der Waals surface area contributed by atoms with Crippen LogP contribution < -0.4 is 14.4 Å². The van der Waals surface area contributed by atoms with E-state index in [4.69, 9.17) is 25.8 Å². The molecule has 2 bridgehead atoms. The summed E-state index contributed by atoms with van der Waals surface area (Å²) in [5.41, 5.74) is 2.96. The molecular formula is C40H56ClN3O6S. The van der Waals surface area contributed by atoms with Crippen LogP contribution in [0.3, 0.4) is 0 Å². The first-order valence-electron chi connectivity index (χ1n) is 19.1. The number of hydrogen-bond donors (Lipinski definition) is 2. The standard InChI is InChI=1S/C40H56ClN3O6S/c1-28-6-4-15-40(26-45,50-21-18-43-16-19-48-20-17-43)35-11-8-32(35)24-44-25-39(14-5-7-30-22-33(41)10-12-34(30)39)27-49-37-13-9-31(23-36(37)44)38(46)42-51(3,47)29(28)2/h9-10,12-13,22-23,28-29,32,35,45H,3-8,11,14-21,24-27H2,1-2H3,(H,42,46,47)/t28-,29+,32-,35+,39-,40-,51?/m0/s1. The highest BCUT2D eigenvalue weighted by Crippen LogP contribution is 2.50. The van der Waals surface area contributed by atoms with E-state index >= 15 is 0 Å². The number of aliphatic hydroxyl groups is 1. The number of amides is 1. The maximum absolute atomic E-state index is 14.0. The fourth-order valence-corrected chi connectivity index (χ4v) is 11.2. The van der Waals surface area contributed by atoms with E-state index in [1.165, 1.54) is 11.1 Å². The molecule has 3 aliphatic heterocycles. The van der Waals surface area contributed by atoms with Crippen molar-refractivity contribution in [2.75, 3.05) is 70.7 Å². The Bertz CT molecular complexity index is 1680. The van der Waals surface area contributed by atoms with Crippen LogP contribution in [-0.4, -0.2) is 103 Å². The van der Waals surface area contributed by atoms with Crippen LogP contribution in [0.5, 0.6) is 5.75 Å². The molecule has 1 spiro atoms. The van der Waals surface area contributed by atoms with Crippen LogP contribution in [-0.2, 0) is 31.0 Å². The Morgan fingerprint density at radius 2 is 1.92 bits per heavy atom. The van der Waals surface area contributed by atoms with Gasteiger partial charge in [0.25, 0.3) is 5.91 Å². The molecule has 1 saturated heterocycles. The van der Waals surface area contributed by atoms with Crippen molar-refractivity contribution in [2.24, 2.45) is 17.8 Å². The normalized spacial score (nSPS) is 34.7. The number of benzene rings is 2. The fourth-order valence-electron chi connectivity index (χ4n) is 9.47. The van der Waals surface area contributed by atoms with Gasteiger partial charge in [0.15, 0.2) is 0 Å². The number of aryl methyl sites for hydroxylation is 1. The monoisotopic (exact) mass is 741 g/mol. The zero-order chi connectivity index (χ0) is 35.8. The summed E-state index contributed by atoms with van der Waals surface area (Å²) < 4.78 is 36.0. The van der Waals surface area contributed by atoms with E-state index in [-0.39, 0.29) is 40.9 Å². The smallest absolute Gasteiger partial charge is 0.262 e. The van der Waals surface area contributed by atoms with E-state index in [2.05, 4.69) is 39.4 Å². The molecule has 2 N–H and O–H groups in total. The SMILES string of the molecule is C=S1(=O)NC(=O)c2ccc3c(c2)N(C[C@@H]2CC[C@H]2[C@](CO)(OCCN2CCOCC2)CCC[C@H](C)[C@H]1C)C[C@@]1(CCCc2cc(Cl)ccc21)CO3. The second-order valence-electron chi connectivity index (χ2n) is 16.0. The highest BCUT2D eigenvalue weighted by molar-refractivity contribution is 7.99. The van der Waals surface area contributed by atoms with Gasteiger partial charge in [0.05, 0.1) is 54.0 Å². The first kappa shape index (κ1) is 37.0. The van der Waals surface area contributed by atoms with Crippen molar-refractivity contribution in [1.29, 1.82) is 0 Å². The van der Waals surface area contributed by atoms with Gasteiger partial charge in [-0.15, -0.1) is 0 Å². The number of carbonyl (C=O) groups is 1. The molecule has 2 fully saturated rings. The van der Waals surface area contributed by atoms with Gasteiger partial charge in [-0.1, -0.05) is 31.0 Å². The minimum absolute atomic E-state index is 0.0364. The van der Waals surface area contributed by atoms with E-state index in [0.717, 1.165) is 114 Å². The number of halogens is 1. The molecule has 2 aromatic rings. The third-order valence-electron chi connectivity index (χ3n) is 12.9. The average molecular weight is 742 g/mol. The number of morpholine rings is 1. The molecule has 9 nitrogen and oxygen atoms in total. The van der Waals surface area contributed by atoms with E-state index in [9.17, 15) is 14.1 Å². The molecule has 1 amide bonds. The Balaban J connectivity index is 1.26. The Kier molecular flexibility index (Phi) is 11.0.